The van der Waals surface area contributed by atoms with Crippen LogP contribution in [0.15, 0.2) is 40.2 Å². The number of imidazole rings is 1. The van der Waals surface area contributed by atoms with Gasteiger partial charge in [0.05, 0.1) is 23.6 Å². The second-order valence-electron chi connectivity index (χ2n) is 9.69. The summed E-state index contributed by atoms with van der Waals surface area (Å²) in [5.41, 5.74) is -2.98. The normalized spacial score (nSPS) is 14.9. The fraction of sp³-hybridized carbons (Fsp3) is 0.480. The molecule has 0 aliphatic rings. The first-order valence-corrected chi connectivity index (χ1v) is 12.0. The second-order valence-corrected chi connectivity index (χ2v) is 9.69. The van der Waals surface area contributed by atoms with Crippen LogP contribution < -0.4 is 21.7 Å². The molecule has 3 atom stereocenters. The summed E-state index contributed by atoms with van der Waals surface area (Å²) in [4.78, 5) is 41.9. The maximum atomic E-state index is 12.8. The molecule has 0 saturated heterocycles. The predicted octanol–water partition coefficient (Wildman–Crippen LogP) is 1.27. The third-order valence-electron chi connectivity index (χ3n) is 6.46. The number of nitrogens with one attached hydrogen (secondary N) is 1. The Morgan fingerprint density at radius 1 is 1.21 bits per heavy atom. The fourth-order valence-electron chi connectivity index (χ4n) is 4.30. The van der Waals surface area contributed by atoms with Crippen LogP contribution in [0.1, 0.15) is 38.2 Å². The summed E-state index contributed by atoms with van der Waals surface area (Å²) in [5.74, 6) is -2.69. The Morgan fingerprint density at radius 3 is 2.44 bits per heavy atom. The van der Waals surface area contributed by atoms with Crippen molar-refractivity contribution >= 4 is 22.8 Å². The van der Waals surface area contributed by atoms with Gasteiger partial charge in [-0.2, -0.15) is 18.4 Å². The number of carbonyl (C=O) groups excluding carboxylic acids is 1. The average molecular weight is 550 g/mol. The molecule has 3 unspecified atom stereocenters. The molecule has 2 heterocycles. The quantitative estimate of drug-likeness (QED) is 0.361. The SMILES string of the molecule is Cn1cnc2c1c(=O)n(CCCCC(C)(O)CC([O-])C(C#N)C(=O)Nc1ccc(C(F)(F)F)cc1)c(=O)n2C. The van der Waals surface area contributed by atoms with Crippen LogP contribution in [0.3, 0.4) is 0 Å². The number of alkyl halides is 3. The lowest BCUT2D eigenvalue weighted by molar-refractivity contribution is -0.432. The first kappa shape index (κ1) is 29.6. The van der Waals surface area contributed by atoms with E-state index in [0.29, 0.717) is 12.8 Å². The molecular formula is C25H28F3N6O5-. The summed E-state index contributed by atoms with van der Waals surface area (Å²) >= 11 is 0. The summed E-state index contributed by atoms with van der Waals surface area (Å²) in [6, 6.07) is 5.14. The van der Waals surface area contributed by atoms with Gasteiger partial charge in [-0.3, -0.25) is 18.7 Å². The summed E-state index contributed by atoms with van der Waals surface area (Å²) in [6.07, 6.45) is -4.64. The Morgan fingerprint density at radius 2 is 1.85 bits per heavy atom. The molecule has 1 aromatic carbocycles. The summed E-state index contributed by atoms with van der Waals surface area (Å²) in [6.45, 7) is 1.45. The van der Waals surface area contributed by atoms with Crippen molar-refractivity contribution in [2.24, 2.45) is 20.0 Å². The van der Waals surface area contributed by atoms with Crippen LogP contribution in [-0.4, -0.2) is 41.4 Å². The van der Waals surface area contributed by atoms with Gasteiger partial charge in [0, 0.05) is 26.3 Å². The minimum atomic E-state index is -4.55. The van der Waals surface area contributed by atoms with E-state index in [1.807, 2.05) is 0 Å². The molecule has 1 amide bonds. The Bertz CT molecular complexity index is 1500. The van der Waals surface area contributed by atoms with Crippen LogP contribution >= 0.6 is 0 Å². The maximum Gasteiger partial charge on any atom is 0.416 e. The van der Waals surface area contributed by atoms with E-state index < -0.39 is 52.9 Å². The molecule has 0 saturated carbocycles. The van der Waals surface area contributed by atoms with Gasteiger partial charge >= 0.3 is 11.9 Å². The van der Waals surface area contributed by atoms with E-state index in [0.717, 1.165) is 28.8 Å². The molecule has 14 heteroatoms. The number of nitrogens with zero attached hydrogens (tertiary/aromatic N) is 5. The molecule has 3 aromatic rings. The van der Waals surface area contributed by atoms with Crippen molar-refractivity contribution in [2.75, 3.05) is 5.32 Å². The summed E-state index contributed by atoms with van der Waals surface area (Å²) in [7, 11) is 3.15. The summed E-state index contributed by atoms with van der Waals surface area (Å²) < 4.78 is 42.0. The number of carbonyl (C=O) groups is 1. The van der Waals surface area contributed by atoms with Gasteiger partial charge in [0.1, 0.15) is 5.92 Å². The van der Waals surface area contributed by atoms with E-state index in [1.54, 1.807) is 13.1 Å². The highest BCUT2D eigenvalue weighted by Gasteiger charge is 2.31. The molecule has 0 spiro atoms. The van der Waals surface area contributed by atoms with Crippen LogP contribution in [0.4, 0.5) is 18.9 Å². The van der Waals surface area contributed by atoms with E-state index in [-0.39, 0.29) is 29.8 Å². The zero-order valence-electron chi connectivity index (χ0n) is 21.5. The Labute approximate surface area is 220 Å². The lowest BCUT2D eigenvalue weighted by Crippen LogP contribution is -2.45. The predicted molar refractivity (Wildman–Crippen MR) is 132 cm³/mol. The Balaban J connectivity index is 1.57. The molecule has 3 rings (SSSR count). The van der Waals surface area contributed by atoms with Crippen molar-refractivity contribution in [2.45, 2.75) is 57.0 Å². The van der Waals surface area contributed by atoms with E-state index in [1.165, 1.54) is 29.4 Å². The number of fused-ring (bicyclic) bond motifs is 1. The molecule has 0 aliphatic heterocycles. The molecule has 0 bridgehead atoms. The number of halogens is 3. The standard InChI is InChI=1S/C25H28F3N6O5/c1-24(39,10-4-5-11-34-22(37)19-20(30-14-32(19)2)33(3)23(34)38)12-18(35)17(13-29)21(36)31-16-8-6-15(7-9-16)25(26,27)28/h6-9,14,17-18,39H,4-5,10-12H2,1-3H3,(H,31,36)/q-1. The van der Waals surface area contributed by atoms with E-state index in [9.17, 15) is 43.0 Å². The van der Waals surface area contributed by atoms with Gasteiger partial charge in [-0.1, -0.05) is 6.10 Å². The van der Waals surface area contributed by atoms with Crippen LogP contribution in [0.25, 0.3) is 11.2 Å². The first-order chi connectivity index (χ1) is 18.2. The average Bonchev–Trinajstić information content (AvgIpc) is 3.23. The zero-order chi connectivity index (χ0) is 29.1. The van der Waals surface area contributed by atoms with E-state index >= 15 is 0 Å². The number of unbranched alkanes of at least 4 members (excludes halogenated alkanes) is 1. The number of aliphatic hydroxyl groups is 1. The minimum absolute atomic E-state index is 0.0158. The maximum absolute atomic E-state index is 12.8. The third kappa shape index (κ3) is 6.73. The van der Waals surface area contributed by atoms with Gasteiger partial charge in [-0.25, -0.2) is 9.78 Å². The van der Waals surface area contributed by atoms with Crippen LogP contribution in [0, 0.1) is 17.2 Å². The van der Waals surface area contributed by atoms with Crippen LogP contribution in [-0.2, 0) is 31.6 Å². The molecule has 39 heavy (non-hydrogen) atoms. The molecule has 2 aromatic heterocycles. The van der Waals surface area contributed by atoms with Crippen molar-refractivity contribution < 1.29 is 28.2 Å². The van der Waals surface area contributed by atoms with Gasteiger partial charge in [0.25, 0.3) is 5.56 Å². The third-order valence-corrected chi connectivity index (χ3v) is 6.46. The van der Waals surface area contributed by atoms with E-state index in [4.69, 9.17) is 0 Å². The lowest BCUT2D eigenvalue weighted by atomic mass is 9.87. The number of benzene rings is 1. The van der Waals surface area contributed by atoms with E-state index in [2.05, 4.69) is 10.3 Å². The number of hydrogen-bond donors (Lipinski definition) is 2. The second kappa shape index (κ2) is 11.4. The molecular weight excluding hydrogens is 521 g/mol. The monoisotopic (exact) mass is 549 g/mol. The first-order valence-electron chi connectivity index (χ1n) is 12.0. The number of aryl methyl sites for hydroxylation is 2. The lowest BCUT2D eigenvalue weighted by Gasteiger charge is -2.34. The Hall–Kier alpha value is -3.96. The number of aromatic nitrogens is 4. The number of amides is 1. The number of hydrogen-bond acceptors (Lipinski definition) is 7. The van der Waals surface area contributed by atoms with Gasteiger partial charge in [-0.05, 0) is 56.9 Å². The summed E-state index contributed by atoms with van der Waals surface area (Å²) in [5, 5.41) is 35.1. The van der Waals surface area contributed by atoms with Gasteiger partial charge in [0.2, 0.25) is 5.91 Å². The molecule has 11 nitrogen and oxygen atoms in total. The van der Waals surface area contributed by atoms with Crippen molar-refractivity contribution in [3.05, 3.63) is 57.0 Å². The van der Waals surface area contributed by atoms with Crippen molar-refractivity contribution in [3.8, 4) is 6.07 Å². The van der Waals surface area contributed by atoms with Crippen LogP contribution in [0.2, 0.25) is 0 Å². The van der Waals surface area contributed by atoms with Gasteiger partial charge in [-0.15, -0.1) is 0 Å². The molecule has 210 valence electrons. The minimum Gasteiger partial charge on any atom is -0.851 e. The number of nitriles is 1. The van der Waals surface area contributed by atoms with Gasteiger partial charge < -0.3 is 20.1 Å². The highest BCUT2D eigenvalue weighted by Crippen LogP contribution is 2.30. The number of rotatable bonds is 10. The highest BCUT2D eigenvalue weighted by molar-refractivity contribution is 5.94. The molecule has 0 aliphatic carbocycles. The zero-order valence-corrected chi connectivity index (χ0v) is 21.5. The fourth-order valence-corrected chi connectivity index (χ4v) is 4.30. The van der Waals surface area contributed by atoms with Crippen LogP contribution in [0.5, 0.6) is 0 Å². The Kier molecular flexibility index (Phi) is 8.67. The largest absolute Gasteiger partial charge is 0.851 e. The highest BCUT2D eigenvalue weighted by atomic mass is 19.4. The molecule has 0 radical (unpaired) electrons. The van der Waals surface area contributed by atoms with Crippen molar-refractivity contribution in [1.82, 2.24) is 18.7 Å². The smallest absolute Gasteiger partial charge is 0.416 e. The van der Waals surface area contributed by atoms with Crippen molar-refractivity contribution in [1.29, 1.82) is 5.26 Å². The number of anilines is 1. The topological polar surface area (TPSA) is 158 Å². The molecule has 0 fully saturated rings. The van der Waals surface area contributed by atoms with Gasteiger partial charge in [0.15, 0.2) is 11.2 Å². The molecule has 2 N–H and O–H groups in total. The van der Waals surface area contributed by atoms with Crippen molar-refractivity contribution in [3.63, 3.8) is 0 Å².